The molecule has 4 heterocycles. The Morgan fingerprint density at radius 3 is 2.44 bits per heavy atom. The number of rotatable bonds is 5. The molecule has 0 saturated carbocycles. The standard InChI is InChI=1S/C21H33N3O3/c25-21(24-9-3-1-4-10-24)17-23-13-11-22(12-14-23)16-18-7-8-20(27-18)19-6-2-5-15-26-19/h7-8,19H,1-6,9-17H2/t19-/m1/s1. The van der Waals surface area contributed by atoms with E-state index in [2.05, 4.69) is 21.9 Å². The predicted octanol–water partition coefficient (Wildman–Crippen LogP) is 2.65. The summed E-state index contributed by atoms with van der Waals surface area (Å²) in [7, 11) is 0. The first kappa shape index (κ1) is 19.0. The Kier molecular flexibility index (Phi) is 6.47. The number of hydrogen-bond donors (Lipinski definition) is 0. The van der Waals surface area contributed by atoms with Gasteiger partial charge in [0.05, 0.1) is 13.1 Å². The van der Waals surface area contributed by atoms with Gasteiger partial charge in [0.2, 0.25) is 5.91 Å². The first-order valence-electron chi connectivity index (χ1n) is 10.7. The van der Waals surface area contributed by atoms with Crippen LogP contribution in [0.1, 0.15) is 56.1 Å². The van der Waals surface area contributed by atoms with Gasteiger partial charge in [-0.25, -0.2) is 0 Å². The molecule has 4 rings (SSSR count). The zero-order valence-electron chi connectivity index (χ0n) is 16.4. The van der Waals surface area contributed by atoms with Gasteiger partial charge in [0.1, 0.15) is 17.6 Å². The molecule has 3 aliphatic rings. The van der Waals surface area contributed by atoms with E-state index in [0.717, 1.165) is 89.6 Å². The largest absolute Gasteiger partial charge is 0.462 e. The van der Waals surface area contributed by atoms with Gasteiger partial charge in [0.15, 0.2) is 0 Å². The number of ether oxygens (including phenoxy) is 1. The highest BCUT2D eigenvalue weighted by atomic mass is 16.5. The molecule has 0 aromatic carbocycles. The third-order valence-electron chi connectivity index (χ3n) is 6.09. The number of piperazine rings is 1. The summed E-state index contributed by atoms with van der Waals surface area (Å²) in [5.41, 5.74) is 0. The van der Waals surface area contributed by atoms with Gasteiger partial charge in [-0.05, 0) is 50.7 Å². The van der Waals surface area contributed by atoms with Gasteiger partial charge >= 0.3 is 0 Å². The number of carbonyl (C=O) groups excluding carboxylic acids is 1. The maximum Gasteiger partial charge on any atom is 0.236 e. The van der Waals surface area contributed by atoms with E-state index in [9.17, 15) is 4.79 Å². The quantitative estimate of drug-likeness (QED) is 0.792. The van der Waals surface area contributed by atoms with Crippen molar-refractivity contribution in [2.75, 3.05) is 52.4 Å². The minimum absolute atomic E-state index is 0.144. The van der Waals surface area contributed by atoms with Crippen molar-refractivity contribution >= 4 is 5.91 Å². The monoisotopic (exact) mass is 375 g/mol. The van der Waals surface area contributed by atoms with E-state index < -0.39 is 0 Å². The number of amides is 1. The van der Waals surface area contributed by atoms with Crippen molar-refractivity contribution in [1.82, 2.24) is 14.7 Å². The SMILES string of the molecule is O=C(CN1CCN(Cc2ccc([C@H]3CCCCO3)o2)CC1)N1CCCCC1. The van der Waals surface area contributed by atoms with Crippen molar-refractivity contribution in [2.45, 2.75) is 51.2 Å². The van der Waals surface area contributed by atoms with Crippen LogP contribution in [0.25, 0.3) is 0 Å². The van der Waals surface area contributed by atoms with Crippen LogP contribution in [-0.2, 0) is 16.1 Å². The second-order valence-corrected chi connectivity index (χ2v) is 8.15. The lowest BCUT2D eigenvalue weighted by molar-refractivity contribution is -0.133. The zero-order valence-corrected chi connectivity index (χ0v) is 16.4. The smallest absolute Gasteiger partial charge is 0.236 e. The van der Waals surface area contributed by atoms with Crippen LogP contribution in [0.4, 0.5) is 0 Å². The lowest BCUT2D eigenvalue weighted by Gasteiger charge is -2.35. The minimum Gasteiger partial charge on any atom is -0.462 e. The van der Waals surface area contributed by atoms with Crippen molar-refractivity contribution in [3.8, 4) is 0 Å². The summed E-state index contributed by atoms with van der Waals surface area (Å²) in [5, 5.41) is 0. The molecular weight excluding hydrogens is 342 g/mol. The Balaban J connectivity index is 1.20. The third-order valence-corrected chi connectivity index (χ3v) is 6.09. The van der Waals surface area contributed by atoms with Gasteiger partial charge in [-0.1, -0.05) is 0 Å². The summed E-state index contributed by atoms with van der Waals surface area (Å²) in [5.74, 6) is 2.32. The molecule has 1 aromatic rings. The fraction of sp³-hybridized carbons (Fsp3) is 0.762. The molecular formula is C21H33N3O3. The fourth-order valence-electron chi connectivity index (χ4n) is 4.38. The summed E-state index contributed by atoms with van der Waals surface area (Å²) in [6.07, 6.45) is 7.19. The second-order valence-electron chi connectivity index (χ2n) is 8.15. The summed E-state index contributed by atoms with van der Waals surface area (Å²) in [6.45, 7) is 8.07. The van der Waals surface area contributed by atoms with Crippen LogP contribution < -0.4 is 0 Å². The molecule has 0 N–H and O–H groups in total. The summed E-state index contributed by atoms with van der Waals surface area (Å²) < 4.78 is 11.9. The lowest BCUT2D eigenvalue weighted by Crippen LogP contribution is -2.50. The zero-order chi connectivity index (χ0) is 18.5. The average molecular weight is 376 g/mol. The van der Waals surface area contributed by atoms with Crippen LogP contribution in [0.2, 0.25) is 0 Å². The maximum atomic E-state index is 12.4. The molecule has 3 fully saturated rings. The number of nitrogens with zero attached hydrogens (tertiary/aromatic N) is 3. The Morgan fingerprint density at radius 2 is 1.70 bits per heavy atom. The number of hydrogen-bond acceptors (Lipinski definition) is 5. The maximum absolute atomic E-state index is 12.4. The molecule has 0 aliphatic carbocycles. The average Bonchev–Trinajstić information content (AvgIpc) is 3.19. The molecule has 1 aromatic heterocycles. The lowest BCUT2D eigenvalue weighted by atomic mass is 10.1. The molecule has 150 valence electrons. The molecule has 6 nitrogen and oxygen atoms in total. The number of piperidine rings is 1. The van der Waals surface area contributed by atoms with Gasteiger partial charge in [-0.2, -0.15) is 0 Å². The van der Waals surface area contributed by atoms with Crippen LogP contribution in [0.15, 0.2) is 16.5 Å². The van der Waals surface area contributed by atoms with Crippen molar-refractivity contribution < 1.29 is 13.9 Å². The van der Waals surface area contributed by atoms with Crippen molar-refractivity contribution in [3.63, 3.8) is 0 Å². The number of furan rings is 1. The minimum atomic E-state index is 0.144. The van der Waals surface area contributed by atoms with Crippen LogP contribution in [0.5, 0.6) is 0 Å². The molecule has 3 aliphatic heterocycles. The van der Waals surface area contributed by atoms with Gasteiger partial charge in [0.25, 0.3) is 0 Å². The predicted molar refractivity (Wildman–Crippen MR) is 103 cm³/mol. The molecule has 6 heteroatoms. The van der Waals surface area contributed by atoms with E-state index in [4.69, 9.17) is 9.15 Å². The summed E-state index contributed by atoms with van der Waals surface area (Å²) in [6, 6.07) is 4.18. The third kappa shape index (κ3) is 5.12. The normalized spacial score (nSPS) is 25.6. The van der Waals surface area contributed by atoms with E-state index in [-0.39, 0.29) is 6.10 Å². The van der Waals surface area contributed by atoms with Crippen molar-refractivity contribution in [2.24, 2.45) is 0 Å². The summed E-state index contributed by atoms with van der Waals surface area (Å²) in [4.78, 5) is 19.2. The van der Waals surface area contributed by atoms with Gasteiger partial charge in [-0.15, -0.1) is 0 Å². The molecule has 1 atom stereocenters. The molecule has 1 amide bonds. The van der Waals surface area contributed by atoms with Gasteiger partial charge < -0.3 is 14.1 Å². The Labute approximate surface area is 162 Å². The van der Waals surface area contributed by atoms with E-state index in [1.54, 1.807) is 0 Å². The van der Waals surface area contributed by atoms with Crippen LogP contribution in [0.3, 0.4) is 0 Å². The number of likely N-dealkylation sites (tertiary alicyclic amines) is 1. The van der Waals surface area contributed by atoms with E-state index in [0.29, 0.717) is 12.5 Å². The highest BCUT2D eigenvalue weighted by Gasteiger charge is 2.24. The highest BCUT2D eigenvalue weighted by molar-refractivity contribution is 5.78. The number of carbonyl (C=O) groups is 1. The second kappa shape index (κ2) is 9.22. The molecule has 0 spiro atoms. The van der Waals surface area contributed by atoms with Crippen molar-refractivity contribution in [1.29, 1.82) is 0 Å². The van der Waals surface area contributed by atoms with Crippen LogP contribution >= 0.6 is 0 Å². The molecule has 3 saturated heterocycles. The van der Waals surface area contributed by atoms with Crippen LogP contribution in [-0.4, -0.2) is 73.0 Å². The van der Waals surface area contributed by atoms with E-state index in [1.807, 2.05) is 4.90 Å². The van der Waals surface area contributed by atoms with Gasteiger partial charge in [-0.3, -0.25) is 14.6 Å². The molecule has 27 heavy (non-hydrogen) atoms. The molecule has 0 bridgehead atoms. The van der Waals surface area contributed by atoms with Crippen LogP contribution in [0, 0.1) is 0 Å². The molecule has 0 unspecified atom stereocenters. The topological polar surface area (TPSA) is 49.2 Å². The van der Waals surface area contributed by atoms with Gasteiger partial charge in [0, 0.05) is 45.9 Å². The van der Waals surface area contributed by atoms with Crippen molar-refractivity contribution in [3.05, 3.63) is 23.7 Å². The Bertz CT molecular complexity index is 598. The first-order chi connectivity index (χ1) is 13.3. The van der Waals surface area contributed by atoms with E-state index >= 15 is 0 Å². The first-order valence-corrected chi connectivity index (χ1v) is 10.7. The fourth-order valence-corrected chi connectivity index (χ4v) is 4.38. The Morgan fingerprint density at radius 1 is 0.926 bits per heavy atom. The van der Waals surface area contributed by atoms with E-state index in [1.165, 1.54) is 12.8 Å². The Hall–Kier alpha value is -1.37. The molecule has 0 radical (unpaired) electrons. The highest BCUT2D eigenvalue weighted by Crippen LogP contribution is 2.29. The summed E-state index contributed by atoms with van der Waals surface area (Å²) >= 11 is 0.